The zero-order chi connectivity index (χ0) is 18.7. The smallest absolute Gasteiger partial charge is 0.239 e. The molecule has 2 aromatic heterocycles. The van der Waals surface area contributed by atoms with Gasteiger partial charge >= 0.3 is 6.18 Å². The number of alkyl halides is 3. The molecular weight excluding hydrogens is 445 g/mol. The summed E-state index contributed by atoms with van der Waals surface area (Å²) < 4.78 is 41.3. The number of thiophene rings is 1. The highest BCUT2D eigenvalue weighted by atomic mass is 79.9. The van der Waals surface area contributed by atoms with E-state index in [-0.39, 0.29) is 10.7 Å². The number of thioether (sulfide) groups is 1. The maximum absolute atomic E-state index is 13.5. The molecule has 0 amide bonds. The number of pyridine rings is 1. The largest absolute Gasteiger partial charge is 0.417 e. The molecule has 0 radical (unpaired) electrons. The molecule has 8 heteroatoms. The van der Waals surface area contributed by atoms with Crippen molar-refractivity contribution in [3.05, 3.63) is 69.0 Å². The van der Waals surface area contributed by atoms with E-state index in [1.807, 2.05) is 24.3 Å². The Labute approximate surface area is 164 Å². The van der Waals surface area contributed by atoms with E-state index in [1.165, 1.54) is 11.3 Å². The quantitative estimate of drug-likeness (QED) is 0.408. The van der Waals surface area contributed by atoms with Crippen molar-refractivity contribution in [2.75, 3.05) is 0 Å². The first-order valence-electron chi connectivity index (χ1n) is 7.32. The predicted molar refractivity (Wildman–Crippen MR) is 101 cm³/mol. The van der Waals surface area contributed by atoms with Crippen molar-refractivity contribution in [1.82, 2.24) is 4.98 Å². The van der Waals surface area contributed by atoms with Crippen LogP contribution in [0, 0.1) is 11.3 Å². The second-order valence-corrected chi connectivity index (χ2v) is 8.07. The molecule has 0 N–H and O–H groups in total. The third-order valence-corrected chi connectivity index (χ3v) is 5.87. The number of benzene rings is 1. The highest BCUT2D eigenvalue weighted by Gasteiger charge is 2.36. The van der Waals surface area contributed by atoms with Gasteiger partial charge in [-0.25, -0.2) is 4.98 Å². The lowest BCUT2D eigenvalue weighted by Gasteiger charge is -2.13. The average molecular weight is 455 g/mol. The van der Waals surface area contributed by atoms with Crippen LogP contribution in [0.25, 0.3) is 10.6 Å². The van der Waals surface area contributed by atoms with E-state index in [2.05, 4.69) is 20.9 Å². The van der Waals surface area contributed by atoms with E-state index in [0.29, 0.717) is 10.6 Å². The summed E-state index contributed by atoms with van der Waals surface area (Å²) in [7, 11) is 0. The van der Waals surface area contributed by atoms with Gasteiger partial charge in [0, 0.05) is 10.2 Å². The van der Waals surface area contributed by atoms with Crippen LogP contribution in [0.3, 0.4) is 0 Å². The molecule has 26 heavy (non-hydrogen) atoms. The molecule has 0 aliphatic heterocycles. The van der Waals surface area contributed by atoms with Gasteiger partial charge in [0.1, 0.15) is 11.1 Å². The lowest BCUT2D eigenvalue weighted by atomic mass is 10.1. The summed E-state index contributed by atoms with van der Waals surface area (Å²) in [6.07, 6.45) is -4.62. The third kappa shape index (κ3) is 4.29. The number of rotatable bonds is 4. The molecule has 132 valence electrons. The van der Waals surface area contributed by atoms with Crippen LogP contribution in [-0.4, -0.2) is 4.98 Å². The summed E-state index contributed by atoms with van der Waals surface area (Å²) in [5.74, 6) is 0.409. The molecule has 3 rings (SSSR count). The van der Waals surface area contributed by atoms with Crippen molar-refractivity contribution in [3.8, 4) is 16.6 Å². The van der Waals surface area contributed by atoms with Crippen molar-refractivity contribution < 1.29 is 13.2 Å². The normalized spacial score (nSPS) is 11.3. The summed E-state index contributed by atoms with van der Waals surface area (Å²) in [6, 6.07) is 13.6. The Morgan fingerprint density at radius 3 is 2.62 bits per heavy atom. The van der Waals surface area contributed by atoms with Gasteiger partial charge in [0.05, 0.1) is 21.7 Å². The van der Waals surface area contributed by atoms with Crippen LogP contribution < -0.4 is 0 Å². The molecule has 0 bridgehead atoms. The Kier molecular flexibility index (Phi) is 5.70. The highest BCUT2D eigenvalue weighted by molar-refractivity contribution is 9.10. The maximum Gasteiger partial charge on any atom is 0.417 e. The van der Waals surface area contributed by atoms with E-state index in [0.717, 1.165) is 27.9 Å². The summed E-state index contributed by atoms with van der Waals surface area (Å²) in [5, 5.41) is 11.2. The molecule has 0 unspecified atom stereocenters. The number of nitriles is 1. The summed E-state index contributed by atoms with van der Waals surface area (Å²) in [6.45, 7) is 0. The first-order chi connectivity index (χ1) is 12.4. The van der Waals surface area contributed by atoms with Gasteiger partial charge in [0.25, 0.3) is 0 Å². The fourth-order valence-corrected chi connectivity index (χ4v) is 4.37. The molecule has 3 aromatic rings. The first-order valence-corrected chi connectivity index (χ1v) is 9.98. The van der Waals surface area contributed by atoms with Gasteiger partial charge in [0.15, 0.2) is 0 Å². The zero-order valence-electron chi connectivity index (χ0n) is 13.0. The molecule has 0 spiro atoms. The van der Waals surface area contributed by atoms with Gasteiger partial charge in [-0.1, -0.05) is 34.1 Å². The fraction of sp³-hybridized carbons (Fsp3) is 0.111. The van der Waals surface area contributed by atoms with Gasteiger partial charge in [-0.3, -0.25) is 0 Å². The number of hydrogen-bond donors (Lipinski definition) is 0. The fourth-order valence-electron chi connectivity index (χ4n) is 2.29. The molecule has 2 heterocycles. The van der Waals surface area contributed by atoms with Gasteiger partial charge in [-0.15, -0.1) is 23.1 Å². The summed E-state index contributed by atoms with van der Waals surface area (Å²) in [5.41, 5.74) is -0.235. The number of halogens is 4. The maximum atomic E-state index is 13.5. The van der Waals surface area contributed by atoms with Gasteiger partial charge in [-0.05, 0) is 35.2 Å². The monoisotopic (exact) mass is 454 g/mol. The molecule has 0 aliphatic rings. The Balaban J connectivity index is 2.04. The minimum Gasteiger partial charge on any atom is -0.239 e. The molecule has 0 saturated heterocycles. The zero-order valence-corrected chi connectivity index (χ0v) is 16.3. The molecule has 0 saturated carbocycles. The third-order valence-electron chi connectivity index (χ3n) is 3.44. The summed E-state index contributed by atoms with van der Waals surface area (Å²) in [4.78, 5) is 4.97. The molecule has 0 fully saturated rings. The lowest BCUT2D eigenvalue weighted by Crippen LogP contribution is -2.10. The first kappa shape index (κ1) is 19.0. The van der Waals surface area contributed by atoms with E-state index in [4.69, 9.17) is 0 Å². The van der Waals surface area contributed by atoms with Crippen LogP contribution in [0.4, 0.5) is 13.2 Å². The van der Waals surface area contributed by atoms with Crippen LogP contribution in [0.5, 0.6) is 0 Å². The summed E-state index contributed by atoms with van der Waals surface area (Å²) >= 11 is 5.80. The minimum atomic E-state index is -4.62. The highest BCUT2D eigenvalue weighted by Crippen LogP contribution is 2.39. The Morgan fingerprint density at radius 2 is 2.00 bits per heavy atom. The molecule has 1 aromatic carbocycles. The molecule has 0 aliphatic carbocycles. The lowest BCUT2D eigenvalue weighted by molar-refractivity contribution is -0.138. The van der Waals surface area contributed by atoms with Crippen LogP contribution in [0.2, 0.25) is 0 Å². The molecule has 2 nitrogen and oxygen atoms in total. The Morgan fingerprint density at radius 1 is 1.19 bits per heavy atom. The van der Waals surface area contributed by atoms with E-state index in [9.17, 15) is 18.4 Å². The second kappa shape index (κ2) is 7.82. The van der Waals surface area contributed by atoms with E-state index < -0.39 is 17.3 Å². The minimum absolute atomic E-state index is 0.0886. The van der Waals surface area contributed by atoms with Crippen LogP contribution >= 0.6 is 39.0 Å². The number of hydrogen-bond acceptors (Lipinski definition) is 4. The Hall–Kier alpha value is -1.82. The van der Waals surface area contributed by atoms with Crippen molar-refractivity contribution in [3.63, 3.8) is 0 Å². The molecular formula is C18H10BrF3N2S2. The second-order valence-electron chi connectivity index (χ2n) is 5.24. The SMILES string of the molecule is N#Cc1c(C(F)(F)F)cc(-c2cccs2)nc1SCc1cccc(Br)c1. The van der Waals surface area contributed by atoms with Gasteiger partial charge in [0.2, 0.25) is 0 Å². The van der Waals surface area contributed by atoms with Crippen LogP contribution in [-0.2, 0) is 11.9 Å². The predicted octanol–water partition coefficient (Wildman–Crippen LogP) is 6.76. The number of nitrogens with zero attached hydrogens (tertiary/aromatic N) is 2. The van der Waals surface area contributed by atoms with E-state index in [1.54, 1.807) is 23.6 Å². The standard InChI is InChI=1S/C18H10BrF3N2S2/c19-12-4-1-3-11(7-12)10-26-17-13(9-23)14(18(20,21)22)8-15(24-17)16-5-2-6-25-16/h1-8H,10H2. The van der Waals surface area contributed by atoms with Gasteiger partial charge in [-0.2, -0.15) is 18.4 Å². The van der Waals surface area contributed by atoms with Gasteiger partial charge < -0.3 is 0 Å². The topological polar surface area (TPSA) is 36.7 Å². The van der Waals surface area contributed by atoms with Crippen molar-refractivity contribution in [1.29, 1.82) is 5.26 Å². The van der Waals surface area contributed by atoms with Crippen LogP contribution in [0.15, 0.2) is 57.3 Å². The molecule has 0 atom stereocenters. The van der Waals surface area contributed by atoms with E-state index >= 15 is 0 Å². The Bertz CT molecular complexity index is 964. The van der Waals surface area contributed by atoms with Crippen LogP contribution in [0.1, 0.15) is 16.7 Å². The van der Waals surface area contributed by atoms with Crippen molar-refractivity contribution in [2.45, 2.75) is 17.0 Å². The number of aromatic nitrogens is 1. The van der Waals surface area contributed by atoms with Crippen molar-refractivity contribution in [2.24, 2.45) is 0 Å². The van der Waals surface area contributed by atoms with Crippen molar-refractivity contribution >= 4 is 39.0 Å². The average Bonchev–Trinajstić information content (AvgIpc) is 3.13.